The van der Waals surface area contributed by atoms with Crippen LogP contribution in [0.2, 0.25) is 0 Å². The molecule has 0 aliphatic rings. The summed E-state index contributed by atoms with van der Waals surface area (Å²) in [6.07, 6.45) is 0. The standard InChI is InChI=1S/C18H16O6/c1-22-13-7-5-6-12(10-13)16(19)11-24-18(21)15-9-4-3-8-14(15)17(20)23-2/h3-10H,11H2,1-2H3. The number of carbonyl (C=O) groups is 3. The first-order chi connectivity index (χ1) is 11.6. The highest BCUT2D eigenvalue weighted by Crippen LogP contribution is 2.14. The average molecular weight is 328 g/mol. The van der Waals surface area contributed by atoms with Gasteiger partial charge in [-0.15, -0.1) is 0 Å². The van der Waals surface area contributed by atoms with E-state index in [-0.39, 0.29) is 16.9 Å². The summed E-state index contributed by atoms with van der Waals surface area (Å²) in [6, 6.07) is 12.6. The van der Waals surface area contributed by atoms with Crippen LogP contribution in [0.1, 0.15) is 31.1 Å². The third-order valence-corrected chi connectivity index (χ3v) is 3.28. The van der Waals surface area contributed by atoms with Gasteiger partial charge in [0.15, 0.2) is 12.4 Å². The molecule has 0 aliphatic carbocycles. The molecule has 0 aliphatic heterocycles. The number of hydrogen-bond donors (Lipinski definition) is 0. The predicted octanol–water partition coefficient (Wildman–Crippen LogP) is 2.52. The zero-order valence-corrected chi connectivity index (χ0v) is 13.3. The van der Waals surface area contributed by atoms with Crippen LogP contribution in [0.15, 0.2) is 48.5 Å². The van der Waals surface area contributed by atoms with Gasteiger partial charge in [0.05, 0.1) is 25.3 Å². The molecule has 0 N–H and O–H groups in total. The van der Waals surface area contributed by atoms with Crippen LogP contribution in [-0.4, -0.2) is 38.5 Å². The van der Waals surface area contributed by atoms with E-state index in [9.17, 15) is 14.4 Å². The van der Waals surface area contributed by atoms with E-state index in [0.717, 1.165) is 0 Å². The SMILES string of the molecule is COC(=O)c1ccccc1C(=O)OCC(=O)c1cccc(OC)c1. The number of benzene rings is 2. The van der Waals surface area contributed by atoms with Gasteiger partial charge in [-0.05, 0) is 24.3 Å². The maximum atomic E-state index is 12.1. The van der Waals surface area contributed by atoms with E-state index in [4.69, 9.17) is 9.47 Å². The highest BCUT2D eigenvalue weighted by Gasteiger charge is 2.19. The molecule has 124 valence electrons. The molecule has 2 rings (SSSR count). The van der Waals surface area contributed by atoms with E-state index in [1.165, 1.54) is 26.4 Å². The lowest BCUT2D eigenvalue weighted by atomic mass is 10.1. The second kappa shape index (κ2) is 7.92. The largest absolute Gasteiger partial charge is 0.497 e. The van der Waals surface area contributed by atoms with Gasteiger partial charge in [0, 0.05) is 5.56 Å². The fourth-order valence-corrected chi connectivity index (χ4v) is 2.04. The fourth-order valence-electron chi connectivity index (χ4n) is 2.04. The van der Waals surface area contributed by atoms with Crippen LogP contribution in [0.4, 0.5) is 0 Å². The summed E-state index contributed by atoms with van der Waals surface area (Å²) >= 11 is 0. The molecule has 6 nitrogen and oxygen atoms in total. The molecule has 0 spiro atoms. The summed E-state index contributed by atoms with van der Waals surface area (Å²) in [5.41, 5.74) is 0.491. The van der Waals surface area contributed by atoms with Gasteiger partial charge >= 0.3 is 11.9 Å². The van der Waals surface area contributed by atoms with E-state index in [1.54, 1.807) is 36.4 Å². The Morgan fingerprint density at radius 2 is 1.54 bits per heavy atom. The Morgan fingerprint density at radius 3 is 2.17 bits per heavy atom. The van der Waals surface area contributed by atoms with Crippen molar-refractivity contribution in [3.63, 3.8) is 0 Å². The average Bonchev–Trinajstić information content (AvgIpc) is 2.65. The van der Waals surface area contributed by atoms with Crippen molar-refractivity contribution in [1.82, 2.24) is 0 Å². The van der Waals surface area contributed by atoms with Gasteiger partial charge < -0.3 is 14.2 Å². The molecule has 0 saturated heterocycles. The summed E-state index contributed by atoms with van der Waals surface area (Å²) < 4.78 is 14.7. The zero-order chi connectivity index (χ0) is 17.5. The van der Waals surface area contributed by atoms with E-state index in [2.05, 4.69) is 4.74 Å². The summed E-state index contributed by atoms with van der Waals surface area (Å²) in [4.78, 5) is 35.9. The lowest BCUT2D eigenvalue weighted by Gasteiger charge is -2.08. The van der Waals surface area contributed by atoms with Gasteiger partial charge in [0.1, 0.15) is 5.75 Å². The van der Waals surface area contributed by atoms with Crippen LogP contribution in [0.5, 0.6) is 5.75 Å². The third kappa shape index (κ3) is 3.98. The molecule has 0 bridgehead atoms. The van der Waals surface area contributed by atoms with Gasteiger partial charge in [-0.3, -0.25) is 4.79 Å². The molecule has 0 heterocycles. The Morgan fingerprint density at radius 1 is 0.875 bits per heavy atom. The van der Waals surface area contributed by atoms with Crippen LogP contribution in [0, 0.1) is 0 Å². The molecule has 0 fully saturated rings. The van der Waals surface area contributed by atoms with E-state index < -0.39 is 18.5 Å². The monoisotopic (exact) mass is 328 g/mol. The first-order valence-electron chi connectivity index (χ1n) is 7.08. The Kier molecular flexibility index (Phi) is 5.68. The number of rotatable bonds is 6. The maximum Gasteiger partial charge on any atom is 0.339 e. The molecule has 6 heteroatoms. The number of ether oxygens (including phenoxy) is 3. The third-order valence-electron chi connectivity index (χ3n) is 3.28. The molecule has 24 heavy (non-hydrogen) atoms. The summed E-state index contributed by atoms with van der Waals surface area (Å²) in [5.74, 6) is -1.27. The predicted molar refractivity (Wildman–Crippen MR) is 85.4 cm³/mol. The summed E-state index contributed by atoms with van der Waals surface area (Å²) in [7, 11) is 2.71. The smallest absolute Gasteiger partial charge is 0.339 e. The molecule has 0 unspecified atom stereocenters. The van der Waals surface area contributed by atoms with E-state index >= 15 is 0 Å². The topological polar surface area (TPSA) is 78.9 Å². The molecule has 0 amide bonds. The molecule has 0 radical (unpaired) electrons. The molecular formula is C18H16O6. The zero-order valence-electron chi connectivity index (χ0n) is 13.3. The Labute approximate surface area is 139 Å². The molecule has 0 aromatic heterocycles. The van der Waals surface area contributed by atoms with Crippen molar-refractivity contribution < 1.29 is 28.6 Å². The van der Waals surface area contributed by atoms with Crippen molar-refractivity contribution in [2.75, 3.05) is 20.8 Å². The van der Waals surface area contributed by atoms with Crippen LogP contribution >= 0.6 is 0 Å². The molecule has 0 saturated carbocycles. The van der Waals surface area contributed by atoms with Crippen LogP contribution < -0.4 is 4.74 Å². The van der Waals surface area contributed by atoms with Gasteiger partial charge in [-0.25, -0.2) is 9.59 Å². The number of carbonyl (C=O) groups excluding carboxylic acids is 3. The van der Waals surface area contributed by atoms with Crippen LogP contribution in [0.3, 0.4) is 0 Å². The number of hydrogen-bond acceptors (Lipinski definition) is 6. The van der Waals surface area contributed by atoms with Crippen molar-refractivity contribution in [2.24, 2.45) is 0 Å². The molecule has 2 aromatic carbocycles. The molecular weight excluding hydrogens is 312 g/mol. The van der Waals surface area contributed by atoms with Crippen molar-refractivity contribution in [1.29, 1.82) is 0 Å². The lowest BCUT2D eigenvalue weighted by molar-refractivity contribution is 0.0463. The highest BCUT2D eigenvalue weighted by molar-refractivity contribution is 6.04. The number of Topliss-reactive ketones (excluding diaryl/α,β-unsaturated/α-hetero) is 1. The highest BCUT2D eigenvalue weighted by atomic mass is 16.5. The first-order valence-corrected chi connectivity index (χ1v) is 7.08. The number of esters is 2. The van der Waals surface area contributed by atoms with E-state index in [0.29, 0.717) is 11.3 Å². The van der Waals surface area contributed by atoms with Crippen molar-refractivity contribution >= 4 is 17.7 Å². The number of ketones is 1. The maximum absolute atomic E-state index is 12.1. The lowest BCUT2D eigenvalue weighted by Crippen LogP contribution is -2.17. The first kappa shape index (κ1) is 17.2. The Hall–Kier alpha value is -3.15. The van der Waals surface area contributed by atoms with Crippen LogP contribution in [0.25, 0.3) is 0 Å². The Balaban J connectivity index is 2.08. The second-order valence-corrected chi connectivity index (χ2v) is 4.77. The normalized spacial score (nSPS) is 9.92. The quantitative estimate of drug-likeness (QED) is 0.599. The van der Waals surface area contributed by atoms with Crippen molar-refractivity contribution in [3.8, 4) is 5.75 Å². The fraction of sp³-hybridized carbons (Fsp3) is 0.167. The molecule has 2 aromatic rings. The Bertz CT molecular complexity index is 766. The summed E-state index contributed by atoms with van der Waals surface area (Å²) in [6.45, 7) is -0.443. The van der Waals surface area contributed by atoms with Gasteiger partial charge in [0.2, 0.25) is 0 Å². The molecule has 0 atom stereocenters. The van der Waals surface area contributed by atoms with Gasteiger partial charge in [-0.2, -0.15) is 0 Å². The van der Waals surface area contributed by atoms with Crippen molar-refractivity contribution in [2.45, 2.75) is 0 Å². The van der Waals surface area contributed by atoms with Crippen molar-refractivity contribution in [3.05, 3.63) is 65.2 Å². The minimum atomic E-state index is -0.771. The minimum Gasteiger partial charge on any atom is -0.497 e. The van der Waals surface area contributed by atoms with Crippen LogP contribution in [-0.2, 0) is 9.47 Å². The second-order valence-electron chi connectivity index (χ2n) is 4.77. The van der Waals surface area contributed by atoms with Gasteiger partial charge in [0.25, 0.3) is 0 Å². The van der Waals surface area contributed by atoms with Gasteiger partial charge in [-0.1, -0.05) is 24.3 Å². The minimum absolute atomic E-state index is 0.0443. The van der Waals surface area contributed by atoms with E-state index in [1.807, 2.05) is 0 Å². The summed E-state index contributed by atoms with van der Waals surface area (Å²) in [5, 5.41) is 0. The number of methoxy groups -OCH3 is 2.